The van der Waals surface area contributed by atoms with Crippen LogP contribution in [0.4, 0.5) is 24.8 Å². The maximum atomic E-state index is 15.5. The first-order valence-electron chi connectivity index (χ1n) is 12.1. The quantitative estimate of drug-likeness (QED) is 0.396. The minimum absolute atomic E-state index is 0.0298. The number of methoxy groups -OCH3 is 1. The molecule has 1 N–H and O–H groups in total. The molecular weight excluding hydrogens is 441 g/mol. The van der Waals surface area contributed by atoms with E-state index >= 15 is 4.39 Å². The summed E-state index contributed by atoms with van der Waals surface area (Å²) in [5.74, 6) is -2.16. The number of ether oxygens (including phenoxy) is 1. The van der Waals surface area contributed by atoms with Gasteiger partial charge in [-0.05, 0) is 37.7 Å². The van der Waals surface area contributed by atoms with Gasteiger partial charge in [-0.15, -0.1) is 0 Å². The Balaban J connectivity index is 1.76. The molecule has 5 nitrogen and oxygen atoms in total. The van der Waals surface area contributed by atoms with Gasteiger partial charge in [0, 0.05) is 38.6 Å². The van der Waals surface area contributed by atoms with Crippen molar-refractivity contribution in [1.82, 2.24) is 9.97 Å². The highest BCUT2D eigenvalue weighted by Gasteiger charge is 2.31. The van der Waals surface area contributed by atoms with E-state index in [2.05, 4.69) is 29.1 Å². The fraction of sp³-hybridized carbons (Fsp3) is 0.615. The first kappa shape index (κ1) is 26.3. The number of anilines is 2. The smallest absolute Gasteiger partial charge is 0.270 e. The lowest BCUT2D eigenvalue weighted by Gasteiger charge is -2.28. The topological polar surface area (TPSA) is 50.3 Å². The van der Waals surface area contributed by atoms with E-state index in [-0.39, 0.29) is 35.3 Å². The Hall–Kier alpha value is -2.35. The minimum atomic E-state index is -2.89. The van der Waals surface area contributed by atoms with Gasteiger partial charge in [-0.1, -0.05) is 44.5 Å². The Bertz CT molecular complexity index is 917. The van der Waals surface area contributed by atoms with Crippen LogP contribution in [0.5, 0.6) is 0 Å². The summed E-state index contributed by atoms with van der Waals surface area (Å²) >= 11 is 0. The summed E-state index contributed by atoms with van der Waals surface area (Å²) in [6, 6.07) is 6.19. The molecule has 34 heavy (non-hydrogen) atoms. The molecule has 0 amide bonds. The highest BCUT2D eigenvalue weighted by Crippen LogP contribution is 2.38. The Labute approximate surface area is 201 Å². The van der Waals surface area contributed by atoms with Crippen molar-refractivity contribution in [3.8, 4) is 0 Å². The van der Waals surface area contributed by atoms with E-state index in [9.17, 15) is 8.78 Å². The van der Waals surface area contributed by atoms with Gasteiger partial charge < -0.3 is 15.0 Å². The van der Waals surface area contributed by atoms with Crippen LogP contribution in [0.15, 0.2) is 30.6 Å². The molecule has 1 aliphatic rings. The van der Waals surface area contributed by atoms with Crippen molar-refractivity contribution in [2.24, 2.45) is 11.8 Å². The van der Waals surface area contributed by atoms with Gasteiger partial charge in [0.05, 0.1) is 12.1 Å². The highest BCUT2D eigenvalue weighted by molar-refractivity contribution is 5.53. The zero-order valence-electron chi connectivity index (χ0n) is 20.8. The molecule has 0 radical (unpaired) electrons. The summed E-state index contributed by atoms with van der Waals surface area (Å²) in [6.07, 6.45) is 5.12. The van der Waals surface area contributed by atoms with E-state index in [0.717, 1.165) is 38.2 Å². The van der Waals surface area contributed by atoms with Crippen molar-refractivity contribution in [3.05, 3.63) is 47.5 Å². The van der Waals surface area contributed by atoms with Gasteiger partial charge in [0.2, 0.25) is 5.82 Å². The van der Waals surface area contributed by atoms with Gasteiger partial charge in [0.15, 0.2) is 11.6 Å². The number of hydrogen-bond donors (Lipinski definition) is 1. The molecule has 1 aliphatic heterocycles. The Morgan fingerprint density at radius 2 is 1.85 bits per heavy atom. The first-order valence-corrected chi connectivity index (χ1v) is 12.1. The summed E-state index contributed by atoms with van der Waals surface area (Å²) in [6.45, 7) is 8.48. The molecule has 0 saturated carbocycles. The fourth-order valence-electron chi connectivity index (χ4n) is 4.52. The van der Waals surface area contributed by atoms with E-state index < -0.39 is 11.7 Å². The van der Waals surface area contributed by atoms with E-state index in [0.29, 0.717) is 19.0 Å². The van der Waals surface area contributed by atoms with Crippen LogP contribution in [-0.2, 0) is 10.7 Å². The molecule has 3 atom stereocenters. The van der Waals surface area contributed by atoms with E-state index in [1.165, 1.54) is 18.5 Å². The molecular formula is C26H37F3N4O. The molecule has 2 heterocycles. The summed E-state index contributed by atoms with van der Waals surface area (Å²) < 4.78 is 48.3. The largest absolute Gasteiger partial charge is 0.381 e. The molecule has 0 aliphatic carbocycles. The standard InChI is InChI=1S/C26H37F3N4O/c1-17(2)8-9-20(18(3)34-5)15-30-24-23(27)25(32-16-31-24)33-14-6-7-22(33)19-10-12-21(13-11-19)26(4,28)29/h10-13,16-18,20,22H,6-9,14-15H2,1-5H3,(H,30,31,32). The number of alkyl halides is 2. The number of aromatic nitrogens is 2. The van der Waals surface area contributed by atoms with Crippen LogP contribution in [0.1, 0.15) is 70.5 Å². The van der Waals surface area contributed by atoms with Crippen LogP contribution < -0.4 is 10.2 Å². The van der Waals surface area contributed by atoms with Crippen LogP contribution in [0.25, 0.3) is 0 Å². The third-order valence-electron chi connectivity index (χ3n) is 6.78. The third kappa shape index (κ3) is 6.40. The number of benzene rings is 1. The average molecular weight is 479 g/mol. The molecule has 8 heteroatoms. The SMILES string of the molecule is COC(C)C(CCC(C)C)CNc1ncnc(N2CCCC2c2ccc(C(C)(F)F)cc2)c1F. The maximum Gasteiger partial charge on any atom is 0.270 e. The number of hydrogen-bond acceptors (Lipinski definition) is 5. The summed E-state index contributed by atoms with van der Waals surface area (Å²) in [5, 5.41) is 3.18. The van der Waals surface area contributed by atoms with E-state index in [4.69, 9.17) is 4.74 Å². The van der Waals surface area contributed by atoms with Gasteiger partial charge in [-0.25, -0.2) is 18.7 Å². The summed E-state index contributed by atoms with van der Waals surface area (Å²) in [5.41, 5.74) is 0.846. The van der Waals surface area contributed by atoms with Gasteiger partial charge >= 0.3 is 0 Å². The predicted octanol–water partition coefficient (Wildman–Crippen LogP) is 6.57. The molecule has 2 aromatic rings. The van der Waals surface area contributed by atoms with E-state index in [1.54, 1.807) is 19.2 Å². The predicted molar refractivity (Wildman–Crippen MR) is 130 cm³/mol. The lowest BCUT2D eigenvalue weighted by Crippen LogP contribution is -2.28. The normalized spacial score (nSPS) is 18.4. The molecule has 0 spiro atoms. The van der Waals surface area contributed by atoms with Crippen molar-refractivity contribution in [2.75, 3.05) is 30.4 Å². The number of rotatable bonds is 11. The Morgan fingerprint density at radius 3 is 2.47 bits per heavy atom. The molecule has 0 bridgehead atoms. The Morgan fingerprint density at radius 1 is 1.15 bits per heavy atom. The molecule has 3 unspecified atom stereocenters. The van der Waals surface area contributed by atoms with Crippen molar-refractivity contribution >= 4 is 11.6 Å². The van der Waals surface area contributed by atoms with Gasteiger partial charge in [-0.2, -0.15) is 4.39 Å². The molecule has 1 aromatic heterocycles. The van der Waals surface area contributed by atoms with Gasteiger partial charge in [-0.3, -0.25) is 0 Å². The molecule has 1 saturated heterocycles. The van der Waals surface area contributed by atoms with Crippen molar-refractivity contribution in [2.45, 2.75) is 71.4 Å². The maximum absolute atomic E-state index is 15.5. The number of halogens is 3. The van der Waals surface area contributed by atoms with Crippen LogP contribution in [0.2, 0.25) is 0 Å². The van der Waals surface area contributed by atoms with Crippen LogP contribution in [0, 0.1) is 17.7 Å². The second-order valence-corrected chi connectivity index (χ2v) is 9.77. The second-order valence-electron chi connectivity index (χ2n) is 9.77. The number of nitrogens with zero attached hydrogens (tertiary/aromatic N) is 3. The average Bonchev–Trinajstić information content (AvgIpc) is 3.28. The lowest BCUT2D eigenvalue weighted by molar-refractivity contribution is 0.0174. The first-order chi connectivity index (χ1) is 16.1. The van der Waals surface area contributed by atoms with E-state index in [1.807, 2.05) is 11.8 Å². The van der Waals surface area contributed by atoms with Crippen LogP contribution >= 0.6 is 0 Å². The minimum Gasteiger partial charge on any atom is -0.381 e. The monoisotopic (exact) mass is 478 g/mol. The second kappa shape index (κ2) is 11.4. The zero-order chi connectivity index (χ0) is 24.9. The van der Waals surface area contributed by atoms with Crippen molar-refractivity contribution < 1.29 is 17.9 Å². The number of nitrogens with one attached hydrogen (secondary N) is 1. The lowest BCUT2D eigenvalue weighted by atomic mass is 9.93. The summed E-state index contributed by atoms with van der Waals surface area (Å²) in [4.78, 5) is 10.3. The fourth-order valence-corrected chi connectivity index (χ4v) is 4.52. The van der Waals surface area contributed by atoms with Gasteiger partial charge in [0.1, 0.15) is 6.33 Å². The highest BCUT2D eigenvalue weighted by atomic mass is 19.3. The molecule has 3 rings (SSSR count). The Kier molecular flexibility index (Phi) is 8.79. The molecule has 1 fully saturated rings. The van der Waals surface area contributed by atoms with Gasteiger partial charge in [0.25, 0.3) is 5.92 Å². The third-order valence-corrected chi connectivity index (χ3v) is 6.78. The zero-order valence-corrected chi connectivity index (χ0v) is 20.8. The van der Waals surface area contributed by atoms with Crippen molar-refractivity contribution in [1.29, 1.82) is 0 Å². The van der Waals surface area contributed by atoms with Crippen molar-refractivity contribution in [3.63, 3.8) is 0 Å². The molecule has 188 valence electrons. The van der Waals surface area contributed by atoms with Crippen LogP contribution in [0.3, 0.4) is 0 Å². The molecule has 1 aromatic carbocycles. The van der Waals surface area contributed by atoms with Crippen LogP contribution in [-0.4, -0.2) is 36.3 Å². The summed E-state index contributed by atoms with van der Waals surface area (Å²) in [7, 11) is 1.69.